The molecule has 0 aliphatic carbocycles. The van der Waals surface area contributed by atoms with Crippen LogP contribution in [0, 0.1) is 11.6 Å². The van der Waals surface area contributed by atoms with Gasteiger partial charge in [0.15, 0.2) is 0 Å². The minimum Gasteiger partial charge on any atom is -0.337 e. The van der Waals surface area contributed by atoms with E-state index in [4.69, 9.17) is 11.6 Å². The van der Waals surface area contributed by atoms with Gasteiger partial charge in [-0.2, -0.15) is 0 Å². The summed E-state index contributed by atoms with van der Waals surface area (Å²) in [5, 5.41) is 0.0292. The van der Waals surface area contributed by atoms with Crippen molar-refractivity contribution in [3.05, 3.63) is 68.7 Å². The van der Waals surface area contributed by atoms with Gasteiger partial charge < -0.3 is 4.90 Å². The number of amides is 1. The Hall–Kier alpha value is -1.46. The summed E-state index contributed by atoms with van der Waals surface area (Å²) in [4.78, 5) is 13.6. The second-order valence-corrected chi connectivity index (χ2v) is 5.84. The first-order valence-electron chi connectivity index (χ1n) is 6.03. The van der Waals surface area contributed by atoms with Gasteiger partial charge in [0, 0.05) is 23.6 Å². The molecule has 110 valence electrons. The van der Waals surface area contributed by atoms with Gasteiger partial charge in [-0.3, -0.25) is 4.79 Å². The molecule has 0 saturated carbocycles. The number of nitrogens with zero attached hydrogens (tertiary/aromatic N) is 1. The highest BCUT2D eigenvalue weighted by Crippen LogP contribution is 2.21. The van der Waals surface area contributed by atoms with E-state index >= 15 is 0 Å². The maximum Gasteiger partial charge on any atom is 0.255 e. The number of hydrogen-bond donors (Lipinski definition) is 0. The number of rotatable bonds is 3. The molecule has 0 aromatic heterocycles. The fourth-order valence-electron chi connectivity index (χ4n) is 1.86. The first kappa shape index (κ1) is 15.9. The summed E-state index contributed by atoms with van der Waals surface area (Å²) >= 11 is 9.11. The minimum atomic E-state index is -0.516. The Morgan fingerprint density at radius 3 is 2.62 bits per heavy atom. The molecular weight excluding hydrogens is 364 g/mol. The first-order chi connectivity index (χ1) is 9.88. The Balaban J connectivity index is 2.21. The molecule has 0 spiro atoms. The lowest BCUT2D eigenvalue weighted by Crippen LogP contribution is -2.27. The molecule has 0 heterocycles. The topological polar surface area (TPSA) is 20.3 Å². The van der Waals surface area contributed by atoms with E-state index in [9.17, 15) is 13.6 Å². The largest absolute Gasteiger partial charge is 0.337 e. The molecule has 0 fully saturated rings. The van der Waals surface area contributed by atoms with E-state index in [1.165, 1.54) is 24.1 Å². The number of halogens is 4. The quantitative estimate of drug-likeness (QED) is 0.765. The normalized spacial score (nSPS) is 10.5. The smallest absolute Gasteiger partial charge is 0.255 e. The molecule has 1 amide bonds. The van der Waals surface area contributed by atoms with Crippen molar-refractivity contribution in [2.24, 2.45) is 0 Å². The van der Waals surface area contributed by atoms with Gasteiger partial charge in [-0.15, -0.1) is 0 Å². The molecule has 2 nitrogen and oxygen atoms in total. The zero-order valence-corrected chi connectivity index (χ0v) is 13.4. The molecule has 2 aromatic carbocycles. The van der Waals surface area contributed by atoms with Crippen LogP contribution in [0.2, 0.25) is 5.02 Å². The van der Waals surface area contributed by atoms with Crippen molar-refractivity contribution in [2.45, 2.75) is 6.54 Å². The summed E-state index contributed by atoms with van der Waals surface area (Å²) in [6.45, 7) is 0.0812. The fraction of sp³-hybridized carbons (Fsp3) is 0.133. The van der Waals surface area contributed by atoms with Crippen molar-refractivity contribution in [2.75, 3.05) is 7.05 Å². The van der Waals surface area contributed by atoms with E-state index in [0.29, 0.717) is 5.56 Å². The number of carbonyl (C=O) groups excluding carboxylic acids is 1. The minimum absolute atomic E-state index is 0.0292. The number of hydrogen-bond acceptors (Lipinski definition) is 1. The van der Waals surface area contributed by atoms with Gasteiger partial charge in [-0.25, -0.2) is 8.78 Å². The SMILES string of the molecule is CN(Cc1cc(Br)ccc1F)C(=O)c1ccc(F)cc1Cl. The molecule has 0 radical (unpaired) electrons. The standard InChI is InChI=1S/C15H11BrClF2NO/c1-20(8-9-6-10(16)2-5-14(9)19)15(21)12-4-3-11(18)7-13(12)17/h2-7H,8H2,1H3. The van der Waals surface area contributed by atoms with Crippen LogP contribution in [0.5, 0.6) is 0 Å². The predicted octanol–water partition coefficient (Wildman–Crippen LogP) is 4.65. The van der Waals surface area contributed by atoms with Gasteiger partial charge in [-0.05, 0) is 36.4 Å². The number of benzene rings is 2. The van der Waals surface area contributed by atoms with Crippen LogP contribution in [0.4, 0.5) is 8.78 Å². The lowest BCUT2D eigenvalue weighted by atomic mass is 10.1. The van der Waals surface area contributed by atoms with Crippen LogP contribution in [0.25, 0.3) is 0 Å². The average molecular weight is 375 g/mol. The Kier molecular flexibility index (Phi) is 4.96. The van der Waals surface area contributed by atoms with Crippen molar-refractivity contribution in [3.8, 4) is 0 Å². The van der Waals surface area contributed by atoms with Gasteiger partial charge in [0.25, 0.3) is 5.91 Å². The Morgan fingerprint density at radius 2 is 1.95 bits per heavy atom. The molecule has 0 atom stereocenters. The lowest BCUT2D eigenvalue weighted by Gasteiger charge is -2.18. The molecule has 6 heteroatoms. The zero-order valence-electron chi connectivity index (χ0n) is 11.0. The highest BCUT2D eigenvalue weighted by molar-refractivity contribution is 9.10. The Morgan fingerprint density at radius 1 is 1.24 bits per heavy atom. The molecule has 2 aromatic rings. The lowest BCUT2D eigenvalue weighted by molar-refractivity contribution is 0.0784. The highest BCUT2D eigenvalue weighted by Gasteiger charge is 2.17. The Labute approximate surface area is 134 Å². The maximum atomic E-state index is 13.7. The summed E-state index contributed by atoms with van der Waals surface area (Å²) < 4.78 is 27.4. The summed E-state index contributed by atoms with van der Waals surface area (Å²) in [7, 11) is 1.53. The van der Waals surface area contributed by atoms with Crippen LogP contribution in [-0.2, 0) is 6.54 Å². The summed E-state index contributed by atoms with van der Waals surface area (Å²) in [6.07, 6.45) is 0. The summed E-state index contributed by atoms with van der Waals surface area (Å²) in [5.74, 6) is -1.32. The second kappa shape index (κ2) is 6.54. The molecule has 2 rings (SSSR count). The second-order valence-electron chi connectivity index (χ2n) is 4.52. The highest BCUT2D eigenvalue weighted by atomic mass is 79.9. The van der Waals surface area contributed by atoms with Crippen molar-refractivity contribution in [1.29, 1.82) is 0 Å². The van der Waals surface area contributed by atoms with E-state index in [0.717, 1.165) is 16.6 Å². The van der Waals surface area contributed by atoms with Crippen LogP contribution in [-0.4, -0.2) is 17.9 Å². The van der Waals surface area contributed by atoms with E-state index in [-0.39, 0.29) is 17.1 Å². The van der Waals surface area contributed by atoms with Gasteiger partial charge in [0.05, 0.1) is 10.6 Å². The molecule has 0 N–H and O–H groups in total. The van der Waals surface area contributed by atoms with Crippen LogP contribution in [0.15, 0.2) is 40.9 Å². The van der Waals surface area contributed by atoms with Crippen molar-refractivity contribution < 1.29 is 13.6 Å². The predicted molar refractivity (Wildman–Crippen MR) is 81.3 cm³/mol. The first-order valence-corrected chi connectivity index (χ1v) is 7.20. The van der Waals surface area contributed by atoms with Crippen LogP contribution < -0.4 is 0 Å². The van der Waals surface area contributed by atoms with Crippen molar-refractivity contribution in [1.82, 2.24) is 4.90 Å². The van der Waals surface area contributed by atoms with Gasteiger partial charge in [0.1, 0.15) is 11.6 Å². The number of carbonyl (C=O) groups is 1. The molecule has 0 saturated heterocycles. The van der Waals surface area contributed by atoms with Crippen LogP contribution >= 0.6 is 27.5 Å². The van der Waals surface area contributed by atoms with Crippen molar-refractivity contribution in [3.63, 3.8) is 0 Å². The van der Waals surface area contributed by atoms with Crippen LogP contribution in [0.1, 0.15) is 15.9 Å². The van der Waals surface area contributed by atoms with Gasteiger partial charge in [0.2, 0.25) is 0 Å². The third kappa shape index (κ3) is 3.80. The molecule has 0 aliphatic rings. The third-order valence-corrected chi connectivity index (χ3v) is 3.73. The zero-order chi connectivity index (χ0) is 15.6. The van der Waals surface area contributed by atoms with E-state index in [1.807, 2.05) is 0 Å². The van der Waals surface area contributed by atoms with E-state index < -0.39 is 17.5 Å². The molecule has 21 heavy (non-hydrogen) atoms. The van der Waals surface area contributed by atoms with Gasteiger partial charge in [-0.1, -0.05) is 27.5 Å². The van der Waals surface area contributed by atoms with Crippen LogP contribution in [0.3, 0.4) is 0 Å². The summed E-state index contributed by atoms with van der Waals surface area (Å²) in [5.41, 5.74) is 0.550. The van der Waals surface area contributed by atoms with E-state index in [1.54, 1.807) is 12.1 Å². The third-order valence-electron chi connectivity index (χ3n) is 2.92. The fourth-order valence-corrected chi connectivity index (χ4v) is 2.52. The molecule has 0 unspecified atom stereocenters. The molecular formula is C15H11BrClF2NO. The average Bonchev–Trinajstić information content (AvgIpc) is 2.42. The molecule has 0 aliphatic heterocycles. The maximum absolute atomic E-state index is 13.7. The molecule has 0 bridgehead atoms. The summed E-state index contributed by atoms with van der Waals surface area (Å²) in [6, 6.07) is 8.05. The Bertz CT molecular complexity index is 693. The van der Waals surface area contributed by atoms with Crippen molar-refractivity contribution >= 4 is 33.4 Å². The van der Waals surface area contributed by atoms with E-state index in [2.05, 4.69) is 15.9 Å². The monoisotopic (exact) mass is 373 g/mol. The van der Waals surface area contributed by atoms with Gasteiger partial charge >= 0.3 is 0 Å².